The molecule has 2 N–H and O–H groups in total. The molecule has 2 rings (SSSR count). The molecule has 0 saturated heterocycles. The van der Waals surface area contributed by atoms with Crippen molar-refractivity contribution in [3.8, 4) is 5.75 Å². The first-order valence-corrected chi connectivity index (χ1v) is 7.39. The molecule has 0 aliphatic heterocycles. The Hall–Kier alpha value is -1.36. The second-order valence-electron chi connectivity index (χ2n) is 4.15. The summed E-state index contributed by atoms with van der Waals surface area (Å²) in [5, 5.41) is 7.63. The summed E-state index contributed by atoms with van der Waals surface area (Å²) in [6, 6.07) is 6.87. The number of nitrogens with zero attached hydrogens (tertiary/aromatic N) is 1. The van der Waals surface area contributed by atoms with Crippen molar-refractivity contribution in [1.29, 1.82) is 0 Å². The third kappa shape index (κ3) is 3.84. The van der Waals surface area contributed by atoms with E-state index < -0.39 is 0 Å². The molecule has 0 saturated carbocycles. The Kier molecular flexibility index (Phi) is 5.39. The molecule has 1 aromatic carbocycles. The van der Waals surface area contributed by atoms with E-state index in [4.69, 9.17) is 39.5 Å². The number of anilines is 3. The number of benzene rings is 1. The van der Waals surface area contributed by atoms with E-state index in [2.05, 4.69) is 15.6 Å². The van der Waals surface area contributed by atoms with Crippen molar-refractivity contribution in [2.75, 3.05) is 24.3 Å². The van der Waals surface area contributed by atoms with Crippen LogP contribution in [0.2, 0.25) is 15.1 Å². The molecule has 0 unspecified atom stereocenters. The van der Waals surface area contributed by atoms with Crippen molar-refractivity contribution < 1.29 is 4.74 Å². The van der Waals surface area contributed by atoms with Gasteiger partial charge >= 0.3 is 0 Å². The van der Waals surface area contributed by atoms with Crippen LogP contribution in [0.5, 0.6) is 5.75 Å². The Morgan fingerprint density at radius 2 is 1.81 bits per heavy atom. The van der Waals surface area contributed by atoms with E-state index in [9.17, 15) is 0 Å². The fourth-order valence-electron chi connectivity index (χ4n) is 1.75. The van der Waals surface area contributed by atoms with E-state index in [0.29, 0.717) is 44.7 Å². The largest absolute Gasteiger partial charge is 0.495 e. The molecule has 0 radical (unpaired) electrons. The number of halogens is 3. The molecule has 112 valence electrons. The molecule has 0 aliphatic carbocycles. The summed E-state index contributed by atoms with van der Waals surface area (Å²) < 4.78 is 5.28. The highest BCUT2D eigenvalue weighted by molar-refractivity contribution is 6.37. The van der Waals surface area contributed by atoms with Crippen LogP contribution in [-0.4, -0.2) is 18.6 Å². The van der Waals surface area contributed by atoms with Gasteiger partial charge < -0.3 is 15.4 Å². The Morgan fingerprint density at radius 1 is 1.10 bits per heavy atom. The van der Waals surface area contributed by atoms with Gasteiger partial charge in [0.15, 0.2) is 5.82 Å². The highest BCUT2D eigenvalue weighted by Crippen LogP contribution is 2.35. The minimum absolute atomic E-state index is 0.406. The summed E-state index contributed by atoms with van der Waals surface area (Å²) in [5.74, 6) is 1.67. The van der Waals surface area contributed by atoms with Crippen LogP contribution >= 0.6 is 34.8 Å². The maximum Gasteiger partial charge on any atom is 0.151 e. The maximum absolute atomic E-state index is 6.18. The van der Waals surface area contributed by atoms with Crippen LogP contribution in [0, 0.1) is 0 Å². The lowest BCUT2D eigenvalue weighted by Gasteiger charge is -2.14. The third-order valence-electron chi connectivity index (χ3n) is 2.69. The molecule has 0 atom stereocenters. The number of nitrogens with one attached hydrogen (secondary N) is 2. The summed E-state index contributed by atoms with van der Waals surface area (Å²) in [6.07, 6.45) is 0. The van der Waals surface area contributed by atoms with E-state index >= 15 is 0 Å². The Morgan fingerprint density at radius 3 is 2.48 bits per heavy atom. The van der Waals surface area contributed by atoms with Gasteiger partial charge in [-0.25, -0.2) is 4.98 Å². The van der Waals surface area contributed by atoms with Gasteiger partial charge in [-0.2, -0.15) is 0 Å². The lowest BCUT2D eigenvalue weighted by Crippen LogP contribution is -2.03. The number of aromatic nitrogens is 1. The number of hydrogen-bond acceptors (Lipinski definition) is 4. The van der Waals surface area contributed by atoms with Crippen molar-refractivity contribution in [2.45, 2.75) is 6.92 Å². The van der Waals surface area contributed by atoms with Crippen molar-refractivity contribution in [2.24, 2.45) is 0 Å². The fourth-order valence-corrected chi connectivity index (χ4v) is 2.40. The summed E-state index contributed by atoms with van der Waals surface area (Å²) in [6.45, 7) is 2.66. The Balaban J connectivity index is 2.39. The Bertz CT molecular complexity index is 650. The number of rotatable bonds is 5. The van der Waals surface area contributed by atoms with Gasteiger partial charge in [0.25, 0.3) is 0 Å². The summed E-state index contributed by atoms with van der Waals surface area (Å²) in [7, 11) is 1.58. The SMILES string of the molecule is CCNc1nc(Nc2cc(Cl)ccc2OC)c(Cl)cc1Cl. The zero-order valence-electron chi connectivity index (χ0n) is 11.5. The first-order valence-electron chi connectivity index (χ1n) is 6.25. The number of methoxy groups -OCH3 is 1. The molecule has 0 spiro atoms. The molecule has 4 nitrogen and oxygen atoms in total. The van der Waals surface area contributed by atoms with Gasteiger partial charge in [-0.3, -0.25) is 0 Å². The molecule has 0 fully saturated rings. The van der Waals surface area contributed by atoms with E-state index in [-0.39, 0.29) is 0 Å². The highest BCUT2D eigenvalue weighted by atomic mass is 35.5. The van der Waals surface area contributed by atoms with Crippen LogP contribution in [0.4, 0.5) is 17.3 Å². The van der Waals surface area contributed by atoms with Crippen molar-refractivity contribution in [3.63, 3.8) is 0 Å². The zero-order chi connectivity index (χ0) is 15.4. The fraction of sp³-hybridized carbons (Fsp3) is 0.214. The van der Waals surface area contributed by atoms with E-state index in [1.165, 1.54) is 0 Å². The minimum atomic E-state index is 0.406. The molecule has 7 heteroatoms. The quantitative estimate of drug-likeness (QED) is 0.778. The van der Waals surface area contributed by atoms with Gasteiger partial charge in [0.05, 0.1) is 22.8 Å². The molecular weight excluding hydrogens is 333 g/mol. The van der Waals surface area contributed by atoms with Gasteiger partial charge in [-0.1, -0.05) is 34.8 Å². The molecular formula is C14H14Cl3N3O. The standard InChI is InChI=1S/C14H14Cl3N3O/c1-3-18-13-9(16)7-10(17)14(20-13)19-11-6-8(15)4-5-12(11)21-2/h4-7H,3H2,1-2H3,(H2,18,19,20). The summed E-state index contributed by atoms with van der Waals surface area (Å²) >= 11 is 18.3. The Labute approximate surface area is 138 Å². The lowest BCUT2D eigenvalue weighted by atomic mass is 10.3. The highest BCUT2D eigenvalue weighted by Gasteiger charge is 2.11. The average molecular weight is 347 g/mol. The monoisotopic (exact) mass is 345 g/mol. The number of pyridine rings is 1. The zero-order valence-corrected chi connectivity index (χ0v) is 13.8. The van der Waals surface area contributed by atoms with E-state index in [1.54, 1.807) is 31.4 Å². The van der Waals surface area contributed by atoms with Crippen LogP contribution in [-0.2, 0) is 0 Å². The minimum Gasteiger partial charge on any atom is -0.495 e. The van der Waals surface area contributed by atoms with E-state index in [1.807, 2.05) is 6.92 Å². The first kappa shape index (κ1) is 16.0. The third-order valence-corrected chi connectivity index (χ3v) is 3.50. The molecule has 2 aromatic rings. The van der Waals surface area contributed by atoms with Gasteiger partial charge in [0.1, 0.15) is 11.6 Å². The molecule has 0 aliphatic rings. The second kappa shape index (κ2) is 7.07. The van der Waals surface area contributed by atoms with Gasteiger partial charge in [0, 0.05) is 11.6 Å². The van der Waals surface area contributed by atoms with Crippen LogP contribution in [0.25, 0.3) is 0 Å². The van der Waals surface area contributed by atoms with Crippen LogP contribution in [0.1, 0.15) is 6.92 Å². The second-order valence-corrected chi connectivity index (χ2v) is 5.40. The number of hydrogen-bond donors (Lipinski definition) is 2. The normalized spacial score (nSPS) is 10.3. The molecule has 1 heterocycles. The predicted octanol–water partition coefficient (Wildman–Crippen LogP) is 5.23. The number of ether oxygens (including phenoxy) is 1. The van der Waals surface area contributed by atoms with E-state index in [0.717, 1.165) is 0 Å². The van der Waals surface area contributed by atoms with Crippen LogP contribution in [0.15, 0.2) is 24.3 Å². The van der Waals surface area contributed by atoms with Gasteiger partial charge in [-0.05, 0) is 31.2 Å². The van der Waals surface area contributed by atoms with Crippen molar-refractivity contribution >= 4 is 52.1 Å². The molecule has 1 aromatic heterocycles. The smallest absolute Gasteiger partial charge is 0.151 e. The maximum atomic E-state index is 6.18. The van der Waals surface area contributed by atoms with Gasteiger partial charge in [0.2, 0.25) is 0 Å². The van der Waals surface area contributed by atoms with Crippen molar-refractivity contribution in [3.05, 3.63) is 39.3 Å². The van der Waals surface area contributed by atoms with Crippen molar-refractivity contribution in [1.82, 2.24) is 4.98 Å². The first-order chi connectivity index (χ1) is 10.0. The topological polar surface area (TPSA) is 46.2 Å². The molecule has 0 bridgehead atoms. The van der Waals surface area contributed by atoms with Crippen LogP contribution < -0.4 is 15.4 Å². The molecule has 0 amide bonds. The summed E-state index contributed by atoms with van der Waals surface area (Å²) in [5.41, 5.74) is 0.671. The van der Waals surface area contributed by atoms with Gasteiger partial charge in [-0.15, -0.1) is 0 Å². The summed E-state index contributed by atoms with van der Waals surface area (Å²) in [4.78, 5) is 4.38. The average Bonchev–Trinajstić information content (AvgIpc) is 2.44. The van der Waals surface area contributed by atoms with Crippen LogP contribution in [0.3, 0.4) is 0 Å². The predicted molar refractivity (Wildman–Crippen MR) is 89.7 cm³/mol. The molecule has 21 heavy (non-hydrogen) atoms. The lowest BCUT2D eigenvalue weighted by molar-refractivity contribution is 0.417.